The van der Waals surface area contributed by atoms with E-state index < -0.39 is 0 Å². The third kappa shape index (κ3) is 2.71. The summed E-state index contributed by atoms with van der Waals surface area (Å²) in [7, 11) is 2.12. The van der Waals surface area contributed by atoms with Gasteiger partial charge in [0.2, 0.25) is 0 Å². The lowest BCUT2D eigenvalue weighted by Gasteiger charge is -2.26. The maximum absolute atomic E-state index is 4.78. The molecule has 1 aromatic carbocycles. The average Bonchev–Trinajstić information content (AvgIpc) is 2.75. The van der Waals surface area contributed by atoms with E-state index in [2.05, 4.69) is 47.8 Å². The molecule has 108 valence electrons. The van der Waals surface area contributed by atoms with E-state index in [1.807, 2.05) is 11.8 Å². The third-order valence-electron chi connectivity index (χ3n) is 4.04. The van der Waals surface area contributed by atoms with Crippen molar-refractivity contribution in [1.82, 2.24) is 19.8 Å². The molecule has 0 amide bonds. The van der Waals surface area contributed by atoms with Gasteiger partial charge >= 0.3 is 0 Å². The van der Waals surface area contributed by atoms with Crippen molar-refractivity contribution in [3.63, 3.8) is 0 Å². The minimum absolute atomic E-state index is 1.02. The van der Waals surface area contributed by atoms with Crippen LogP contribution < -0.4 is 5.32 Å². The zero-order valence-electron chi connectivity index (χ0n) is 12.4. The van der Waals surface area contributed by atoms with Gasteiger partial charge in [0.15, 0.2) is 5.16 Å². The maximum Gasteiger partial charge on any atom is 0.170 e. The molecule has 1 N–H and O–H groups in total. The van der Waals surface area contributed by atoms with Crippen LogP contribution in [-0.2, 0) is 7.05 Å². The minimum Gasteiger partial charge on any atom is -0.322 e. The van der Waals surface area contributed by atoms with Gasteiger partial charge in [-0.2, -0.15) is 0 Å². The predicted octanol–water partition coefficient (Wildman–Crippen LogP) is 2.14. The summed E-state index contributed by atoms with van der Waals surface area (Å²) < 4.78 is 2.22. The number of hydrogen-bond donors (Lipinski definition) is 1. The van der Waals surface area contributed by atoms with Crippen LogP contribution in [-0.4, -0.2) is 46.5 Å². The summed E-state index contributed by atoms with van der Waals surface area (Å²) in [4.78, 5) is 7.27. The van der Waals surface area contributed by atoms with Gasteiger partial charge in [0.1, 0.15) is 0 Å². The second kappa shape index (κ2) is 5.76. The highest BCUT2D eigenvalue weighted by Gasteiger charge is 2.13. The summed E-state index contributed by atoms with van der Waals surface area (Å²) in [6.45, 7) is 8.78. The molecule has 0 aliphatic carbocycles. The van der Waals surface area contributed by atoms with Crippen LogP contribution in [0, 0.1) is 13.8 Å². The first kappa shape index (κ1) is 13.9. The Morgan fingerprint density at radius 1 is 1.20 bits per heavy atom. The topological polar surface area (TPSA) is 33.1 Å². The number of piperazine rings is 1. The molecule has 1 saturated heterocycles. The highest BCUT2D eigenvalue weighted by Crippen LogP contribution is 2.25. The Bertz CT molecular complexity index is 614. The van der Waals surface area contributed by atoms with Gasteiger partial charge in [-0.1, -0.05) is 11.8 Å². The van der Waals surface area contributed by atoms with Crippen LogP contribution in [0.4, 0.5) is 0 Å². The monoisotopic (exact) mass is 290 g/mol. The summed E-state index contributed by atoms with van der Waals surface area (Å²) in [5.41, 5.74) is 4.99. The van der Waals surface area contributed by atoms with Crippen LogP contribution >= 0.6 is 11.8 Å². The van der Waals surface area contributed by atoms with Gasteiger partial charge in [0.05, 0.1) is 16.9 Å². The number of aryl methyl sites for hydroxylation is 3. The molecule has 0 atom stereocenters. The molecule has 0 spiro atoms. The van der Waals surface area contributed by atoms with Crippen LogP contribution in [0.5, 0.6) is 0 Å². The van der Waals surface area contributed by atoms with E-state index >= 15 is 0 Å². The number of imidazole rings is 1. The predicted molar refractivity (Wildman–Crippen MR) is 85.4 cm³/mol. The second-order valence-corrected chi connectivity index (χ2v) is 6.43. The number of aromatic nitrogens is 2. The molecule has 1 aliphatic heterocycles. The molecule has 0 bridgehead atoms. The molecule has 1 aliphatic rings. The van der Waals surface area contributed by atoms with E-state index in [0.717, 1.165) is 42.7 Å². The normalized spacial score (nSPS) is 16.9. The number of nitrogens with one attached hydrogen (secondary N) is 1. The van der Waals surface area contributed by atoms with Crippen molar-refractivity contribution in [1.29, 1.82) is 0 Å². The molecule has 1 fully saturated rings. The van der Waals surface area contributed by atoms with Crippen LogP contribution in [0.3, 0.4) is 0 Å². The zero-order valence-corrected chi connectivity index (χ0v) is 13.3. The number of thioether (sulfide) groups is 1. The fraction of sp³-hybridized carbons (Fsp3) is 0.533. The molecule has 0 radical (unpaired) electrons. The first-order chi connectivity index (χ1) is 9.65. The zero-order chi connectivity index (χ0) is 14.1. The molecule has 2 heterocycles. The number of benzene rings is 1. The second-order valence-electron chi connectivity index (χ2n) is 5.52. The Labute approximate surface area is 124 Å². The van der Waals surface area contributed by atoms with Crippen molar-refractivity contribution in [3.8, 4) is 0 Å². The maximum atomic E-state index is 4.78. The quantitative estimate of drug-likeness (QED) is 0.878. The third-order valence-corrected chi connectivity index (χ3v) is 5.16. The van der Waals surface area contributed by atoms with Crippen LogP contribution in [0.2, 0.25) is 0 Å². The van der Waals surface area contributed by atoms with Crippen LogP contribution in [0.25, 0.3) is 11.0 Å². The fourth-order valence-electron chi connectivity index (χ4n) is 2.54. The molecule has 5 heteroatoms. The van der Waals surface area contributed by atoms with Crippen molar-refractivity contribution in [2.45, 2.75) is 19.0 Å². The van der Waals surface area contributed by atoms with Crippen molar-refractivity contribution in [2.75, 3.05) is 32.1 Å². The molecule has 1 aromatic heterocycles. The van der Waals surface area contributed by atoms with Gasteiger partial charge in [0, 0.05) is 33.2 Å². The molecular weight excluding hydrogens is 268 g/mol. The van der Waals surface area contributed by atoms with Crippen molar-refractivity contribution in [2.24, 2.45) is 7.05 Å². The summed E-state index contributed by atoms with van der Waals surface area (Å²) in [5, 5.41) is 4.50. The Hall–Kier alpha value is -1.04. The van der Waals surface area contributed by atoms with Gasteiger partial charge in [-0.3, -0.25) is 4.90 Å². The lowest BCUT2D eigenvalue weighted by Crippen LogP contribution is -2.43. The van der Waals surface area contributed by atoms with E-state index in [1.165, 1.54) is 16.6 Å². The molecule has 20 heavy (non-hydrogen) atoms. The van der Waals surface area contributed by atoms with E-state index in [-0.39, 0.29) is 0 Å². The van der Waals surface area contributed by atoms with Crippen molar-refractivity contribution >= 4 is 22.8 Å². The largest absolute Gasteiger partial charge is 0.322 e. The molecule has 0 saturated carbocycles. The standard InChI is InChI=1S/C15H22N4S/c1-11-8-13-14(9-12(11)2)18(3)15(17-13)20-10-19-6-4-16-5-7-19/h8-9,16H,4-7,10H2,1-3H3. The van der Waals surface area contributed by atoms with Crippen molar-refractivity contribution < 1.29 is 0 Å². The van der Waals surface area contributed by atoms with Gasteiger partial charge in [0.25, 0.3) is 0 Å². The number of hydrogen-bond acceptors (Lipinski definition) is 4. The molecular formula is C15H22N4S. The van der Waals surface area contributed by atoms with E-state index in [0.29, 0.717) is 0 Å². The van der Waals surface area contributed by atoms with Crippen LogP contribution in [0.15, 0.2) is 17.3 Å². The Balaban J connectivity index is 1.79. The Morgan fingerprint density at radius 2 is 1.90 bits per heavy atom. The van der Waals surface area contributed by atoms with E-state index in [9.17, 15) is 0 Å². The Morgan fingerprint density at radius 3 is 2.65 bits per heavy atom. The van der Waals surface area contributed by atoms with Gasteiger partial charge in [-0.15, -0.1) is 0 Å². The fourth-order valence-corrected chi connectivity index (χ4v) is 3.55. The van der Waals surface area contributed by atoms with Gasteiger partial charge in [-0.05, 0) is 37.1 Å². The molecule has 4 nitrogen and oxygen atoms in total. The highest BCUT2D eigenvalue weighted by molar-refractivity contribution is 7.99. The Kier molecular flexibility index (Phi) is 4.01. The molecule has 0 unspecified atom stereocenters. The molecule has 2 aromatic rings. The summed E-state index contributed by atoms with van der Waals surface area (Å²) >= 11 is 1.84. The van der Waals surface area contributed by atoms with Crippen molar-refractivity contribution in [3.05, 3.63) is 23.3 Å². The van der Waals surface area contributed by atoms with E-state index in [1.54, 1.807) is 0 Å². The van der Waals surface area contributed by atoms with E-state index in [4.69, 9.17) is 4.98 Å². The smallest absolute Gasteiger partial charge is 0.170 e. The summed E-state index contributed by atoms with van der Waals surface area (Å²) in [6, 6.07) is 4.44. The number of nitrogens with zero attached hydrogens (tertiary/aromatic N) is 3. The van der Waals surface area contributed by atoms with Gasteiger partial charge < -0.3 is 9.88 Å². The number of rotatable bonds is 3. The number of fused-ring (bicyclic) bond motifs is 1. The summed E-state index contributed by atoms with van der Waals surface area (Å²) in [5.74, 6) is 1.02. The first-order valence-corrected chi connectivity index (χ1v) is 8.13. The minimum atomic E-state index is 1.02. The highest BCUT2D eigenvalue weighted by atomic mass is 32.2. The lowest BCUT2D eigenvalue weighted by molar-refractivity contribution is 0.280. The summed E-state index contributed by atoms with van der Waals surface area (Å²) in [6.07, 6.45) is 0. The molecule has 3 rings (SSSR count). The van der Waals surface area contributed by atoms with Crippen LogP contribution in [0.1, 0.15) is 11.1 Å². The first-order valence-electron chi connectivity index (χ1n) is 7.14. The SMILES string of the molecule is Cc1cc2nc(SCN3CCNCC3)n(C)c2cc1C. The average molecular weight is 290 g/mol. The van der Waals surface area contributed by atoms with Gasteiger partial charge in [-0.25, -0.2) is 4.98 Å². The lowest BCUT2D eigenvalue weighted by atomic mass is 10.1.